The number of thiophene rings is 1. The van der Waals surface area contributed by atoms with Crippen molar-refractivity contribution in [1.82, 2.24) is 0 Å². The summed E-state index contributed by atoms with van der Waals surface area (Å²) in [5.41, 5.74) is 7.86. The number of rotatable bonds is 3. The molecule has 1 atom stereocenters. The molecule has 1 heterocycles. The van der Waals surface area contributed by atoms with Gasteiger partial charge in [0.15, 0.2) is 0 Å². The van der Waals surface area contributed by atoms with Crippen LogP contribution in [0.3, 0.4) is 0 Å². The van der Waals surface area contributed by atoms with Crippen molar-refractivity contribution >= 4 is 21.4 Å². The van der Waals surface area contributed by atoms with Gasteiger partial charge in [0.2, 0.25) is 0 Å². The van der Waals surface area contributed by atoms with Crippen molar-refractivity contribution in [2.75, 3.05) is 0 Å². The van der Waals surface area contributed by atoms with Gasteiger partial charge in [-0.05, 0) is 34.7 Å². The average molecular weight is 273 g/mol. The Kier molecular flexibility index (Phi) is 4.19. The smallest absolute Gasteiger partial charge is 0.0346 e. The van der Waals surface area contributed by atoms with E-state index in [1.807, 2.05) is 11.3 Å². The Balaban J connectivity index is 1.74. The van der Waals surface area contributed by atoms with E-state index in [0.29, 0.717) is 0 Å². The molecule has 0 bridgehead atoms. The molecule has 2 aromatic rings. The largest absolute Gasteiger partial charge is 0.324 e. The molecule has 2 N–H and O–H groups in total. The van der Waals surface area contributed by atoms with Crippen molar-refractivity contribution in [3.05, 3.63) is 35.2 Å². The topological polar surface area (TPSA) is 26.0 Å². The van der Waals surface area contributed by atoms with E-state index in [0.717, 1.165) is 5.92 Å². The molecule has 0 radical (unpaired) electrons. The van der Waals surface area contributed by atoms with Crippen LogP contribution in [0.25, 0.3) is 10.1 Å². The third kappa shape index (κ3) is 3.01. The fourth-order valence-electron chi connectivity index (χ4n) is 3.37. The van der Waals surface area contributed by atoms with Crippen LogP contribution >= 0.6 is 11.3 Å². The molecular formula is C17H23NS. The fourth-order valence-corrected chi connectivity index (χ4v) is 4.40. The minimum Gasteiger partial charge on any atom is -0.324 e. The molecule has 0 saturated heterocycles. The summed E-state index contributed by atoms with van der Waals surface area (Å²) in [6, 6.07) is 8.87. The first-order valence-electron chi connectivity index (χ1n) is 7.56. The van der Waals surface area contributed by atoms with Crippen LogP contribution in [0, 0.1) is 5.92 Å². The van der Waals surface area contributed by atoms with Crippen LogP contribution in [0.5, 0.6) is 0 Å². The summed E-state index contributed by atoms with van der Waals surface area (Å²) in [6.45, 7) is 0. The molecule has 0 spiro atoms. The summed E-state index contributed by atoms with van der Waals surface area (Å²) in [7, 11) is 0. The molecule has 1 fully saturated rings. The van der Waals surface area contributed by atoms with E-state index < -0.39 is 0 Å². The average Bonchev–Trinajstić information content (AvgIpc) is 2.70. The summed E-state index contributed by atoms with van der Waals surface area (Å²) in [5, 5.41) is 3.64. The molecule has 1 unspecified atom stereocenters. The number of fused-ring (bicyclic) bond motifs is 1. The van der Waals surface area contributed by atoms with E-state index in [1.54, 1.807) is 0 Å². The zero-order valence-electron chi connectivity index (χ0n) is 11.5. The number of hydrogen-bond acceptors (Lipinski definition) is 2. The van der Waals surface area contributed by atoms with Crippen molar-refractivity contribution in [3.63, 3.8) is 0 Å². The van der Waals surface area contributed by atoms with E-state index in [1.165, 1.54) is 60.6 Å². The van der Waals surface area contributed by atoms with E-state index >= 15 is 0 Å². The van der Waals surface area contributed by atoms with Crippen LogP contribution in [-0.2, 0) is 0 Å². The normalized spacial score (nSPS) is 19.4. The zero-order valence-corrected chi connectivity index (χ0v) is 12.3. The molecule has 1 aliphatic carbocycles. The molecule has 1 aromatic carbocycles. The van der Waals surface area contributed by atoms with Gasteiger partial charge in [-0.1, -0.05) is 56.7 Å². The van der Waals surface area contributed by atoms with Gasteiger partial charge >= 0.3 is 0 Å². The molecule has 0 amide bonds. The second-order valence-electron chi connectivity index (χ2n) is 5.89. The highest BCUT2D eigenvalue weighted by atomic mass is 32.1. The highest BCUT2D eigenvalue weighted by molar-refractivity contribution is 7.17. The van der Waals surface area contributed by atoms with Crippen LogP contribution in [0.15, 0.2) is 29.6 Å². The SMILES string of the molecule is NC(CC1CCCCCC1)c1csc2ccccc12. The first-order valence-corrected chi connectivity index (χ1v) is 8.44. The van der Waals surface area contributed by atoms with Crippen LogP contribution in [0.1, 0.15) is 56.6 Å². The number of hydrogen-bond donors (Lipinski definition) is 1. The minimum atomic E-state index is 0.222. The summed E-state index contributed by atoms with van der Waals surface area (Å²) in [5.74, 6) is 0.844. The highest BCUT2D eigenvalue weighted by Crippen LogP contribution is 2.35. The summed E-state index contributed by atoms with van der Waals surface area (Å²) in [6.07, 6.45) is 9.59. The van der Waals surface area contributed by atoms with Crippen LogP contribution in [0.2, 0.25) is 0 Å². The van der Waals surface area contributed by atoms with Crippen molar-refractivity contribution < 1.29 is 0 Å². The van der Waals surface area contributed by atoms with Crippen molar-refractivity contribution in [3.8, 4) is 0 Å². The predicted octanol–water partition coefficient (Wildman–Crippen LogP) is 5.26. The molecular weight excluding hydrogens is 250 g/mol. The van der Waals surface area contributed by atoms with Gasteiger partial charge in [0.1, 0.15) is 0 Å². The second kappa shape index (κ2) is 6.06. The maximum absolute atomic E-state index is 6.49. The quantitative estimate of drug-likeness (QED) is 0.758. The molecule has 1 aliphatic rings. The van der Waals surface area contributed by atoms with Gasteiger partial charge < -0.3 is 5.73 Å². The number of nitrogens with two attached hydrogens (primary N) is 1. The molecule has 1 saturated carbocycles. The van der Waals surface area contributed by atoms with Gasteiger partial charge in [-0.2, -0.15) is 0 Å². The Bertz CT molecular complexity index is 523. The summed E-state index contributed by atoms with van der Waals surface area (Å²) < 4.78 is 1.37. The Labute approximate surface area is 119 Å². The summed E-state index contributed by atoms with van der Waals surface area (Å²) >= 11 is 1.83. The van der Waals surface area contributed by atoms with Crippen molar-refractivity contribution in [2.45, 2.75) is 51.0 Å². The van der Waals surface area contributed by atoms with Gasteiger partial charge in [0.05, 0.1) is 0 Å². The lowest BCUT2D eigenvalue weighted by molar-refractivity contribution is 0.394. The molecule has 2 heteroatoms. The Morgan fingerprint density at radius 3 is 2.63 bits per heavy atom. The third-order valence-corrected chi connectivity index (χ3v) is 5.45. The van der Waals surface area contributed by atoms with Crippen molar-refractivity contribution in [2.24, 2.45) is 11.7 Å². The van der Waals surface area contributed by atoms with Crippen LogP contribution in [0.4, 0.5) is 0 Å². The van der Waals surface area contributed by atoms with E-state index in [4.69, 9.17) is 5.73 Å². The highest BCUT2D eigenvalue weighted by Gasteiger charge is 2.18. The first kappa shape index (κ1) is 13.1. The lowest BCUT2D eigenvalue weighted by Crippen LogP contribution is -2.15. The van der Waals surface area contributed by atoms with Gasteiger partial charge in [-0.25, -0.2) is 0 Å². The van der Waals surface area contributed by atoms with E-state index in [9.17, 15) is 0 Å². The van der Waals surface area contributed by atoms with Crippen LogP contribution in [-0.4, -0.2) is 0 Å². The summed E-state index contributed by atoms with van der Waals surface area (Å²) in [4.78, 5) is 0. The molecule has 0 aliphatic heterocycles. The van der Waals surface area contributed by atoms with E-state index in [-0.39, 0.29) is 6.04 Å². The van der Waals surface area contributed by atoms with Gasteiger partial charge in [0, 0.05) is 10.7 Å². The van der Waals surface area contributed by atoms with Gasteiger partial charge in [-0.3, -0.25) is 0 Å². The Morgan fingerprint density at radius 2 is 1.84 bits per heavy atom. The van der Waals surface area contributed by atoms with Crippen LogP contribution < -0.4 is 5.73 Å². The van der Waals surface area contributed by atoms with Gasteiger partial charge in [0.25, 0.3) is 0 Å². The second-order valence-corrected chi connectivity index (χ2v) is 6.80. The zero-order chi connectivity index (χ0) is 13.1. The lowest BCUT2D eigenvalue weighted by atomic mass is 9.90. The maximum atomic E-state index is 6.49. The van der Waals surface area contributed by atoms with Crippen molar-refractivity contribution in [1.29, 1.82) is 0 Å². The first-order chi connectivity index (χ1) is 9.34. The minimum absolute atomic E-state index is 0.222. The molecule has 102 valence electrons. The lowest BCUT2D eigenvalue weighted by Gasteiger charge is -2.19. The molecule has 3 rings (SSSR count). The Hall–Kier alpha value is -0.860. The van der Waals surface area contributed by atoms with Gasteiger partial charge in [-0.15, -0.1) is 11.3 Å². The predicted molar refractivity (Wildman–Crippen MR) is 84.6 cm³/mol. The standard InChI is InChI=1S/C17H23NS/c18-16(11-13-7-3-1-2-4-8-13)15-12-19-17-10-6-5-9-14(15)17/h5-6,9-10,12-13,16H,1-4,7-8,11,18H2. The molecule has 19 heavy (non-hydrogen) atoms. The number of benzene rings is 1. The molecule has 1 nitrogen and oxygen atoms in total. The molecule has 1 aromatic heterocycles. The monoisotopic (exact) mass is 273 g/mol. The fraction of sp³-hybridized carbons (Fsp3) is 0.529. The Morgan fingerprint density at radius 1 is 1.11 bits per heavy atom. The van der Waals surface area contributed by atoms with E-state index in [2.05, 4.69) is 29.6 Å². The maximum Gasteiger partial charge on any atom is 0.0346 e. The third-order valence-electron chi connectivity index (χ3n) is 4.47.